The minimum Gasteiger partial charge on any atom is -0.310 e. The molecule has 0 aromatic heterocycles. The summed E-state index contributed by atoms with van der Waals surface area (Å²) in [6.45, 7) is 0. The van der Waals surface area contributed by atoms with Crippen molar-refractivity contribution in [3.63, 3.8) is 0 Å². The van der Waals surface area contributed by atoms with E-state index in [2.05, 4.69) is 240 Å². The largest absolute Gasteiger partial charge is 0.310 e. The lowest BCUT2D eigenvalue weighted by Crippen LogP contribution is -2.13. The Hall–Kier alpha value is -7.42. The van der Waals surface area contributed by atoms with E-state index in [1.165, 1.54) is 54.6 Å². The van der Waals surface area contributed by atoms with Gasteiger partial charge in [0.1, 0.15) is 0 Å². The summed E-state index contributed by atoms with van der Waals surface area (Å²) < 4.78 is 0. The van der Waals surface area contributed by atoms with E-state index < -0.39 is 0 Å². The molecule has 0 N–H and O–H groups in total. The van der Waals surface area contributed by atoms with Crippen LogP contribution in [-0.2, 0) is 0 Å². The normalized spacial score (nSPS) is 11.2. The first-order valence-corrected chi connectivity index (χ1v) is 19.2. The maximum Gasteiger partial charge on any atom is 0.0482 e. The van der Waals surface area contributed by atoms with Crippen LogP contribution in [0.3, 0.4) is 0 Å². The minimum atomic E-state index is 1.08. The number of fused-ring (bicyclic) bond motifs is 3. The van der Waals surface area contributed by atoms with Crippen molar-refractivity contribution in [3.8, 4) is 22.3 Å². The van der Waals surface area contributed by atoms with E-state index in [0.717, 1.165) is 34.1 Å². The van der Waals surface area contributed by atoms with E-state index in [9.17, 15) is 0 Å². The molecule has 0 heterocycles. The van der Waals surface area contributed by atoms with Crippen LogP contribution in [-0.4, -0.2) is 0 Å². The van der Waals surface area contributed by atoms with Crippen LogP contribution in [0.25, 0.3) is 54.6 Å². The Bertz CT molecular complexity index is 2930. The number of benzene rings is 10. The number of hydrogen-bond acceptors (Lipinski definition) is 2. The summed E-state index contributed by atoms with van der Waals surface area (Å²) in [5.41, 5.74) is 11.4. The lowest BCUT2D eigenvalue weighted by Gasteiger charge is -2.29. The number of hydrogen-bond donors (Lipinski definition) is 0. The molecule has 0 saturated heterocycles. The summed E-state index contributed by atoms with van der Waals surface area (Å²) in [5.74, 6) is 0. The first-order chi connectivity index (χ1) is 27.7. The van der Waals surface area contributed by atoms with Crippen LogP contribution in [0.1, 0.15) is 0 Å². The van der Waals surface area contributed by atoms with Crippen molar-refractivity contribution in [2.45, 2.75) is 0 Å². The van der Waals surface area contributed by atoms with Gasteiger partial charge < -0.3 is 9.80 Å². The summed E-state index contributed by atoms with van der Waals surface area (Å²) >= 11 is 0. The Morgan fingerprint density at radius 2 is 0.643 bits per heavy atom. The van der Waals surface area contributed by atoms with Crippen LogP contribution in [0.4, 0.5) is 34.1 Å². The average molecular weight is 715 g/mol. The molecule has 264 valence electrons. The van der Waals surface area contributed by atoms with Crippen molar-refractivity contribution in [1.82, 2.24) is 0 Å². The number of para-hydroxylation sites is 2. The molecule has 2 heteroatoms. The molecule has 0 unspecified atom stereocenters. The second kappa shape index (κ2) is 14.4. The highest BCUT2D eigenvalue weighted by molar-refractivity contribution is 6.01. The maximum absolute atomic E-state index is 2.37. The highest BCUT2D eigenvalue weighted by Gasteiger charge is 2.18. The van der Waals surface area contributed by atoms with Gasteiger partial charge in [-0.15, -0.1) is 0 Å². The van der Waals surface area contributed by atoms with Gasteiger partial charge in [0, 0.05) is 34.1 Å². The van der Waals surface area contributed by atoms with E-state index in [1.807, 2.05) is 0 Å². The van der Waals surface area contributed by atoms with Crippen molar-refractivity contribution in [3.05, 3.63) is 231 Å². The van der Waals surface area contributed by atoms with Gasteiger partial charge >= 0.3 is 0 Å². The Kier molecular flexibility index (Phi) is 8.55. The smallest absolute Gasteiger partial charge is 0.0482 e. The molecule has 2 nitrogen and oxygen atoms in total. The number of anilines is 6. The molecule has 0 aliphatic rings. The fraction of sp³-hybridized carbons (Fsp3) is 0. The van der Waals surface area contributed by atoms with Crippen LogP contribution in [0.15, 0.2) is 231 Å². The molecule has 0 radical (unpaired) electrons. The molecule has 10 aromatic carbocycles. The van der Waals surface area contributed by atoms with Crippen molar-refractivity contribution >= 4 is 66.4 Å². The van der Waals surface area contributed by atoms with Crippen LogP contribution >= 0.6 is 0 Å². The van der Waals surface area contributed by atoms with Crippen molar-refractivity contribution in [1.29, 1.82) is 0 Å². The van der Waals surface area contributed by atoms with Gasteiger partial charge in [-0.1, -0.05) is 146 Å². The summed E-state index contributed by atoms with van der Waals surface area (Å²) in [7, 11) is 0. The van der Waals surface area contributed by atoms with Gasteiger partial charge in [-0.25, -0.2) is 0 Å². The van der Waals surface area contributed by atoms with E-state index in [1.54, 1.807) is 0 Å². The Balaban J connectivity index is 1.10. The molecule has 0 fully saturated rings. The van der Waals surface area contributed by atoms with Crippen LogP contribution in [0.2, 0.25) is 0 Å². The molecular formula is C54H38N2. The molecular weight excluding hydrogens is 677 g/mol. The molecule has 0 atom stereocenters. The third-order valence-corrected chi connectivity index (χ3v) is 10.7. The zero-order valence-corrected chi connectivity index (χ0v) is 30.8. The molecule has 0 bridgehead atoms. The minimum absolute atomic E-state index is 1.08. The molecule has 0 saturated carbocycles. The zero-order valence-electron chi connectivity index (χ0n) is 30.8. The zero-order chi connectivity index (χ0) is 37.3. The monoisotopic (exact) mass is 714 g/mol. The van der Waals surface area contributed by atoms with Crippen molar-refractivity contribution < 1.29 is 0 Å². The predicted molar refractivity (Wildman–Crippen MR) is 239 cm³/mol. The summed E-state index contributed by atoms with van der Waals surface area (Å²) in [6, 6.07) is 83.2. The lowest BCUT2D eigenvalue weighted by atomic mass is 9.92. The highest BCUT2D eigenvalue weighted by atomic mass is 15.2. The summed E-state index contributed by atoms with van der Waals surface area (Å²) in [5, 5.41) is 7.39. The van der Waals surface area contributed by atoms with Crippen molar-refractivity contribution in [2.24, 2.45) is 0 Å². The topological polar surface area (TPSA) is 6.48 Å². The third-order valence-electron chi connectivity index (χ3n) is 10.7. The van der Waals surface area contributed by atoms with Crippen LogP contribution in [0.5, 0.6) is 0 Å². The Morgan fingerprint density at radius 1 is 0.214 bits per heavy atom. The standard InChI is InChI=1S/C54H38N2/c1-3-19-47(20-4-1)55(48-21-5-2-6-22-48)50-23-13-24-51(38-50)56(52-33-28-40-15-8-10-17-43(40)36-52)49-31-29-41(30-32-49)54-37-46(35-45-18-11-12-25-53(45)54)44-27-26-39-14-7-9-16-42(39)34-44/h1-38H. The molecule has 0 amide bonds. The van der Waals surface area contributed by atoms with E-state index in [4.69, 9.17) is 0 Å². The fourth-order valence-electron chi connectivity index (χ4n) is 8.01. The number of nitrogens with zero attached hydrogens (tertiary/aromatic N) is 2. The average Bonchev–Trinajstić information content (AvgIpc) is 3.27. The second-order valence-electron chi connectivity index (χ2n) is 14.2. The van der Waals surface area contributed by atoms with Gasteiger partial charge in [0.15, 0.2) is 0 Å². The SMILES string of the molecule is c1ccc(N(c2ccccc2)c2cccc(N(c3ccc(-c4cc(-c5ccc6ccccc6c5)cc5ccccc45)cc3)c3ccc4ccccc4c3)c2)cc1. The third kappa shape index (κ3) is 6.34. The summed E-state index contributed by atoms with van der Waals surface area (Å²) in [4.78, 5) is 4.69. The fourth-order valence-corrected chi connectivity index (χ4v) is 8.01. The van der Waals surface area contributed by atoms with Gasteiger partial charge in [0.05, 0.1) is 0 Å². The van der Waals surface area contributed by atoms with E-state index in [0.29, 0.717) is 0 Å². The molecule has 0 spiro atoms. The van der Waals surface area contributed by atoms with Crippen LogP contribution < -0.4 is 9.80 Å². The molecule has 56 heavy (non-hydrogen) atoms. The van der Waals surface area contributed by atoms with Crippen LogP contribution in [0, 0.1) is 0 Å². The lowest BCUT2D eigenvalue weighted by molar-refractivity contribution is 1.25. The second-order valence-corrected chi connectivity index (χ2v) is 14.2. The van der Waals surface area contributed by atoms with Gasteiger partial charge in [0.25, 0.3) is 0 Å². The highest BCUT2D eigenvalue weighted by Crippen LogP contribution is 2.42. The quantitative estimate of drug-likeness (QED) is 0.155. The molecule has 10 aromatic rings. The van der Waals surface area contributed by atoms with Crippen molar-refractivity contribution in [2.75, 3.05) is 9.80 Å². The first kappa shape index (κ1) is 33.2. The van der Waals surface area contributed by atoms with Gasteiger partial charge in [-0.3, -0.25) is 0 Å². The van der Waals surface area contributed by atoms with Gasteiger partial charge in [-0.05, 0) is 140 Å². The first-order valence-electron chi connectivity index (χ1n) is 19.2. The van der Waals surface area contributed by atoms with E-state index in [-0.39, 0.29) is 0 Å². The maximum atomic E-state index is 2.37. The molecule has 0 aliphatic heterocycles. The van der Waals surface area contributed by atoms with Gasteiger partial charge in [-0.2, -0.15) is 0 Å². The Morgan fingerprint density at radius 3 is 1.30 bits per heavy atom. The summed E-state index contributed by atoms with van der Waals surface area (Å²) in [6.07, 6.45) is 0. The molecule has 0 aliphatic carbocycles. The molecule has 10 rings (SSSR count). The Labute approximate surface area is 327 Å². The number of rotatable bonds is 8. The van der Waals surface area contributed by atoms with E-state index >= 15 is 0 Å². The van der Waals surface area contributed by atoms with Gasteiger partial charge in [0.2, 0.25) is 0 Å². The predicted octanol–water partition coefficient (Wildman–Crippen LogP) is 15.4.